The molecule has 0 aliphatic carbocycles. The lowest BCUT2D eigenvalue weighted by Gasteiger charge is -2.19. The van der Waals surface area contributed by atoms with Crippen molar-refractivity contribution < 1.29 is 14.3 Å². The SMILES string of the molecule is C=CCOCC(CN1CC1C)OC(=O)NCCCCCCC. The standard InChI is InChI=1S/C17H32N2O3/c1-4-6-7-8-9-10-18-17(20)22-16(14-21-11-5-2)13-19-12-15(19)3/h5,15-16H,2,4,6-14H2,1,3H3,(H,18,20). The minimum absolute atomic E-state index is 0.218. The van der Waals surface area contributed by atoms with E-state index in [0.717, 1.165) is 25.9 Å². The molecule has 1 fully saturated rings. The van der Waals surface area contributed by atoms with E-state index in [1.165, 1.54) is 19.3 Å². The second-order valence-electron chi connectivity index (χ2n) is 6.00. The topological polar surface area (TPSA) is 50.6 Å². The summed E-state index contributed by atoms with van der Waals surface area (Å²) in [6.45, 7) is 11.4. The van der Waals surface area contributed by atoms with Crippen LogP contribution in [0.25, 0.3) is 0 Å². The minimum Gasteiger partial charge on any atom is -0.442 e. The predicted molar refractivity (Wildman–Crippen MR) is 89.1 cm³/mol. The molecule has 1 aliphatic rings. The number of alkyl carbamates (subject to hydrolysis) is 1. The van der Waals surface area contributed by atoms with Gasteiger partial charge >= 0.3 is 6.09 Å². The van der Waals surface area contributed by atoms with Crippen LogP contribution in [0, 0.1) is 0 Å². The van der Waals surface area contributed by atoms with Crippen molar-refractivity contribution in [3.05, 3.63) is 12.7 Å². The fourth-order valence-electron chi connectivity index (χ4n) is 2.33. The molecule has 5 heteroatoms. The van der Waals surface area contributed by atoms with Gasteiger partial charge in [-0.3, -0.25) is 4.90 Å². The van der Waals surface area contributed by atoms with Crippen molar-refractivity contribution in [2.45, 2.75) is 58.1 Å². The van der Waals surface area contributed by atoms with Crippen LogP contribution in [0.1, 0.15) is 46.0 Å². The smallest absolute Gasteiger partial charge is 0.407 e. The molecule has 1 heterocycles. The van der Waals surface area contributed by atoms with E-state index in [9.17, 15) is 4.79 Å². The van der Waals surface area contributed by atoms with Crippen molar-refractivity contribution in [3.63, 3.8) is 0 Å². The van der Waals surface area contributed by atoms with Gasteiger partial charge in [-0.05, 0) is 13.3 Å². The molecule has 3 unspecified atom stereocenters. The van der Waals surface area contributed by atoms with Gasteiger partial charge in [0.2, 0.25) is 0 Å². The third-order valence-electron chi connectivity index (χ3n) is 3.79. The molecular weight excluding hydrogens is 280 g/mol. The molecule has 0 aromatic carbocycles. The number of carbonyl (C=O) groups excluding carboxylic acids is 1. The number of hydrogen-bond acceptors (Lipinski definition) is 4. The van der Waals surface area contributed by atoms with Crippen LogP contribution in [0.2, 0.25) is 0 Å². The van der Waals surface area contributed by atoms with E-state index in [1.807, 2.05) is 0 Å². The summed E-state index contributed by atoms with van der Waals surface area (Å²) in [4.78, 5) is 14.1. The Bertz CT molecular complexity index is 323. The maximum Gasteiger partial charge on any atom is 0.407 e. The van der Waals surface area contributed by atoms with Crippen LogP contribution >= 0.6 is 0 Å². The summed E-state index contributed by atoms with van der Waals surface area (Å²) in [5.41, 5.74) is 0. The second-order valence-corrected chi connectivity index (χ2v) is 6.00. The summed E-state index contributed by atoms with van der Waals surface area (Å²) < 4.78 is 10.9. The molecule has 1 aliphatic heterocycles. The van der Waals surface area contributed by atoms with Crippen molar-refractivity contribution in [1.29, 1.82) is 0 Å². The van der Waals surface area contributed by atoms with Gasteiger partial charge in [0.25, 0.3) is 0 Å². The van der Waals surface area contributed by atoms with E-state index in [1.54, 1.807) is 6.08 Å². The molecule has 0 saturated carbocycles. The van der Waals surface area contributed by atoms with Crippen LogP contribution in [-0.4, -0.2) is 56.0 Å². The Morgan fingerprint density at radius 1 is 1.41 bits per heavy atom. The quantitative estimate of drug-likeness (QED) is 0.323. The highest BCUT2D eigenvalue weighted by molar-refractivity contribution is 5.67. The van der Waals surface area contributed by atoms with Crippen LogP contribution in [0.5, 0.6) is 0 Å². The highest BCUT2D eigenvalue weighted by Crippen LogP contribution is 2.17. The Morgan fingerprint density at radius 3 is 2.77 bits per heavy atom. The molecule has 1 saturated heterocycles. The van der Waals surface area contributed by atoms with Gasteiger partial charge in [-0.25, -0.2) is 4.79 Å². The molecule has 128 valence electrons. The summed E-state index contributed by atoms with van der Waals surface area (Å²) in [5.74, 6) is 0. The normalized spacial score (nSPS) is 21.2. The first-order valence-electron chi connectivity index (χ1n) is 8.54. The average Bonchev–Trinajstić information content (AvgIpc) is 3.18. The third kappa shape index (κ3) is 9.05. The van der Waals surface area contributed by atoms with Crippen molar-refractivity contribution in [1.82, 2.24) is 10.2 Å². The van der Waals surface area contributed by atoms with Crippen LogP contribution in [0.15, 0.2) is 12.7 Å². The summed E-state index contributed by atoms with van der Waals surface area (Å²) >= 11 is 0. The molecule has 0 bridgehead atoms. The second kappa shape index (κ2) is 11.5. The van der Waals surface area contributed by atoms with Gasteiger partial charge in [0.15, 0.2) is 0 Å². The Balaban J connectivity index is 2.15. The molecule has 3 atom stereocenters. The summed E-state index contributed by atoms with van der Waals surface area (Å²) in [6.07, 6.45) is 7.05. The molecule has 0 aromatic rings. The number of ether oxygens (including phenoxy) is 2. The summed E-state index contributed by atoms with van der Waals surface area (Å²) in [5, 5.41) is 2.83. The van der Waals surface area contributed by atoms with E-state index >= 15 is 0 Å². The van der Waals surface area contributed by atoms with Gasteiger partial charge in [-0.2, -0.15) is 0 Å². The number of hydrogen-bond donors (Lipinski definition) is 1. The largest absolute Gasteiger partial charge is 0.442 e. The van der Waals surface area contributed by atoms with E-state index in [-0.39, 0.29) is 12.2 Å². The summed E-state index contributed by atoms with van der Waals surface area (Å²) in [6, 6.07) is 0.590. The lowest BCUT2D eigenvalue weighted by Crippen LogP contribution is -2.36. The Hall–Kier alpha value is -1.07. The fraction of sp³-hybridized carbons (Fsp3) is 0.824. The van der Waals surface area contributed by atoms with Crippen LogP contribution < -0.4 is 5.32 Å². The van der Waals surface area contributed by atoms with Gasteiger partial charge in [-0.15, -0.1) is 6.58 Å². The zero-order valence-corrected chi connectivity index (χ0v) is 14.2. The summed E-state index contributed by atoms with van der Waals surface area (Å²) in [7, 11) is 0. The molecule has 0 radical (unpaired) electrons. The zero-order valence-electron chi connectivity index (χ0n) is 14.2. The zero-order chi connectivity index (χ0) is 16.2. The van der Waals surface area contributed by atoms with E-state index in [2.05, 4.69) is 30.6 Å². The first-order chi connectivity index (χ1) is 10.7. The van der Waals surface area contributed by atoms with Crippen LogP contribution in [0.3, 0.4) is 0 Å². The van der Waals surface area contributed by atoms with Gasteiger partial charge in [0.1, 0.15) is 6.10 Å². The predicted octanol–water partition coefficient (Wildman–Crippen LogP) is 2.96. The highest BCUT2D eigenvalue weighted by Gasteiger charge is 2.32. The van der Waals surface area contributed by atoms with Gasteiger partial charge in [0, 0.05) is 25.7 Å². The monoisotopic (exact) mass is 312 g/mol. The number of unbranched alkanes of at least 4 members (excludes halogenated alkanes) is 4. The third-order valence-corrected chi connectivity index (χ3v) is 3.79. The molecule has 1 N–H and O–H groups in total. The maximum atomic E-state index is 11.8. The number of nitrogens with one attached hydrogen (secondary N) is 1. The number of carbonyl (C=O) groups is 1. The molecule has 1 amide bonds. The van der Waals surface area contributed by atoms with Crippen LogP contribution in [-0.2, 0) is 9.47 Å². The maximum absolute atomic E-state index is 11.8. The number of amides is 1. The van der Waals surface area contributed by atoms with Gasteiger partial charge in [-0.1, -0.05) is 38.7 Å². The number of rotatable bonds is 13. The molecule has 5 nitrogen and oxygen atoms in total. The lowest BCUT2D eigenvalue weighted by molar-refractivity contribution is 0.0217. The van der Waals surface area contributed by atoms with Crippen LogP contribution in [0.4, 0.5) is 4.79 Å². The molecule has 0 aromatic heterocycles. The lowest BCUT2D eigenvalue weighted by atomic mass is 10.1. The van der Waals surface area contributed by atoms with Crippen molar-refractivity contribution >= 4 is 6.09 Å². The number of nitrogens with zero attached hydrogens (tertiary/aromatic N) is 1. The van der Waals surface area contributed by atoms with Gasteiger partial charge < -0.3 is 14.8 Å². The Kier molecular flexibility index (Phi) is 9.91. The Morgan fingerprint density at radius 2 is 2.14 bits per heavy atom. The molecule has 0 spiro atoms. The van der Waals surface area contributed by atoms with Crippen molar-refractivity contribution in [2.75, 3.05) is 32.8 Å². The van der Waals surface area contributed by atoms with E-state index in [0.29, 0.717) is 25.8 Å². The fourth-order valence-corrected chi connectivity index (χ4v) is 2.33. The highest BCUT2D eigenvalue weighted by atomic mass is 16.6. The molecule has 22 heavy (non-hydrogen) atoms. The first-order valence-corrected chi connectivity index (χ1v) is 8.54. The minimum atomic E-state index is -0.336. The van der Waals surface area contributed by atoms with Crippen molar-refractivity contribution in [2.24, 2.45) is 0 Å². The molecule has 1 rings (SSSR count). The van der Waals surface area contributed by atoms with Gasteiger partial charge in [0.05, 0.1) is 13.2 Å². The molecular formula is C17H32N2O3. The first kappa shape index (κ1) is 19.0. The Labute approximate surface area is 135 Å². The average molecular weight is 312 g/mol. The van der Waals surface area contributed by atoms with Crippen molar-refractivity contribution in [3.8, 4) is 0 Å². The van der Waals surface area contributed by atoms with E-state index < -0.39 is 0 Å². The van der Waals surface area contributed by atoms with E-state index in [4.69, 9.17) is 9.47 Å².